The third-order valence-corrected chi connectivity index (χ3v) is 4.69. The highest BCUT2D eigenvalue weighted by Crippen LogP contribution is 2.32. The highest BCUT2D eigenvalue weighted by atomic mass is 32.1. The summed E-state index contributed by atoms with van der Waals surface area (Å²) in [6, 6.07) is 13.7. The van der Waals surface area contributed by atoms with Crippen molar-refractivity contribution in [1.29, 1.82) is 0 Å². The fourth-order valence-electron chi connectivity index (χ4n) is 2.60. The van der Waals surface area contributed by atoms with Gasteiger partial charge in [0.2, 0.25) is 0 Å². The normalized spacial score (nSPS) is 11.1. The van der Waals surface area contributed by atoms with Crippen LogP contribution in [0.2, 0.25) is 0 Å². The lowest BCUT2D eigenvalue weighted by atomic mass is 10.1. The summed E-state index contributed by atoms with van der Waals surface area (Å²) in [6.45, 7) is 2.02. The number of hydrogen-bond donors (Lipinski definition) is 2. The zero-order chi connectivity index (χ0) is 15.1. The van der Waals surface area contributed by atoms with Crippen molar-refractivity contribution in [1.82, 2.24) is 4.98 Å². The van der Waals surface area contributed by atoms with Crippen LogP contribution in [0.4, 0.5) is 11.4 Å². The van der Waals surface area contributed by atoms with Crippen molar-refractivity contribution < 1.29 is 5.11 Å². The molecule has 0 aliphatic rings. The van der Waals surface area contributed by atoms with Crippen LogP contribution in [-0.4, -0.2) is 10.1 Å². The number of nitrogens with one attached hydrogen (secondary N) is 1. The number of thiophene rings is 1. The van der Waals surface area contributed by atoms with Crippen molar-refractivity contribution in [3.63, 3.8) is 0 Å². The summed E-state index contributed by atoms with van der Waals surface area (Å²) in [7, 11) is 0. The third kappa shape index (κ3) is 2.18. The van der Waals surface area contributed by atoms with Crippen molar-refractivity contribution >= 4 is 43.7 Å². The summed E-state index contributed by atoms with van der Waals surface area (Å²) in [5.41, 5.74) is 3.95. The molecule has 0 saturated carbocycles. The van der Waals surface area contributed by atoms with E-state index in [4.69, 9.17) is 0 Å². The van der Waals surface area contributed by atoms with Crippen molar-refractivity contribution in [2.45, 2.75) is 6.92 Å². The van der Waals surface area contributed by atoms with E-state index in [0.717, 1.165) is 27.8 Å². The Morgan fingerprint density at radius 1 is 1.05 bits per heavy atom. The lowest BCUT2D eigenvalue weighted by Crippen LogP contribution is -1.94. The molecule has 2 aromatic heterocycles. The molecule has 0 unspecified atom stereocenters. The van der Waals surface area contributed by atoms with Crippen molar-refractivity contribution in [3.8, 4) is 5.75 Å². The Hall–Kier alpha value is -2.59. The van der Waals surface area contributed by atoms with Gasteiger partial charge in [0.05, 0.1) is 5.52 Å². The largest absolute Gasteiger partial charge is 0.508 e. The van der Waals surface area contributed by atoms with Gasteiger partial charge in [-0.3, -0.25) is 4.98 Å². The average Bonchev–Trinajstić information content (AvgIpc) is 2.96. The molecular weight excluding hydrogens is 292 g/mol. The van der Waals surface area contributed by atoms with E-state index in [9.17, 15) is 5.11 Å². The van der Waals surface area contributed by atoms with Gasteiger partial charge in [0.1, 0.15) is 5.75 Å². The fourth-order valence-corrected chi connectivity index (χ4v) is 3.41. The highest BCUT2D eigenvalue weighted by molar-refractivity contribution is 7.17. The topological polar surface area (TPSA) is 45.1 Å². The zero-order valence-electron chi connectivity index (χ0n) is 12.0. The van der Waals surface area contributed by atoms with Crippen LogP contribution < -0.4 is 5.32 Å². The number of phenols is 1. The van der Waals surface area contributed by atoms with Crippen LogP contribution in [0.1, 0.15) is 5.56 Å². The third-order valence-electron chi connectivity index (χ3n) is 3.81. The molecule has 0 amide bonds. The van der Waals surface area contributed by atoms with E-state index in [1.165, 1.54) is 10.1 Å². The van der Waals surface area contributed by atoms with Crippen LogP contribution >= 0.6 is 11.3 Å². The zero-order valence-corrected chi connectivity index (χ0v) is 12.8. The molecular formula is C18H14N2OS. The number of nitrogens with zero attached hydrogens (tertiary/aromatic N) is 1. The monoisotopic (exact) mass is 306 g/mol. The Kier molecular flexibility index (Phi) is 2.98. The van der Waals surface area contributed by atoms with Gasteiger partial charge in [0, 0.05) is 33.7 Å². The van der Waals surface area contributed by atoms with Gasteiger partial charge >= 0.3 is 0 Å². The van der Waals surface area contributed by atoms with Gasteiger partial charge in [-0.2, -0.15) is 0 Å². The number of pyridine rings is 1. The molecule has 22 heavy (non-hydrogen) atoms. The van der Waals surface area contributed by atoms with E-state index in [1.807, 2.05) is 19.1 Å². The molecule has 4 heteroatoms. The SMILES string of the molecule is Cc1ccc(O)cc1Nc1ccnc2cc3ccsc3cc12. The molecule has 0 aliphatic carbocycles. The molecule has 2 N–H and O–H groups in total. The predicted octanol–water partition coefficient (Wildman–Crippen LogP) is 5.21. The Morgan fingerprint density at radius 2 is 1.95 bits per heavy atom. The first-order chi connectivity index (χ1) is 10.7. The van der Waals surface area contributed by atoms with Gasteiger partial charge in [-0.15, -0.1) is 11.3 Å². The van der Waals surface area contributed by atoms with Gasteiger partial charge in [-0.1, -0.05) is 6.07 Å². The van der Waals surface area contributed by atoms with E-state index in [0.29, 0.717) is 0 Å². The number of benzene rings is 2. The van der Waals surface area contributed by atoms with Crippen LogP contribution in [0.15, 0.2) is 54.0 Å². The summed E-state index contributed by atoms with van der Waals surface area (Å²) >= 11 is 1.73. The number of hydrogen-bond acceptors (Lipinski definition) is 4. The number of fused-ring (bicyclic) bond motifs is 2. The Bertz CT molecular complexity index is 991. The van der Waals surface area contributed by atoms with Gasteiger partial charge in [0.25, 0.3) is 0 Å². The van der Waals surface area contributed by atoms with Gasteiger partial charge in [-0.05, 0) is 53.6 Å². The molecule has 0 atom stereocenters. The minimum Gasteiger partial charge on any atom is -0.508 e. The maximum Gasteiger partial charge on any atom is 0.117 e. The molecule has 0 radical (unpaired) electrons. The van der Waals surface area contributed by atoms with Crippen molar-refractivity contribution in [3.05, 3.63) is 59.6 Å². The summed E-state index contributed by atoms with van der Waals surface area (Å²) < 4.78 is 1.25. The average molecular weight is 306 g/mol. The lowest BCUT2D eigenvalue weighted by Gasteiger charge is -2.12. The molecule has 0 aliphatic heterocycles. The molecule has 3 nitrogen and oxygen atoms in total. The summed E-state index contributed by atoms with van der Waals surface area (Å²) in [5.74, 6) is 0.257. The van der Waals surface area contributed by atoms with E-state index in [2.05, 4.69) is 33.9 Å². The van der Waals surface area contributed by atoms with Gasteiger partial charge in [0.15, 0.2) is 0 Å². The molecule has 108 valence electrons. The second-order valence-electron chi connectivity index (χ2n) is 5.31. The highest BCUT2D eigenvalue weighted by Gasteiger charge is 2.07. The number of aromatic hydroxyl groups is 1. The number of aryl methyl sites for hydroxylation is 1. The molecule has 0 saturated heterocycles. The molecule has 2 heterocycles. The standard InChI is InChI=1S/C18H14N2OS/c1-11-2-3-13(21)9-16(11)20-15-4-6-19-17-8-12-5-7-22-18(12)10-14(15)17/h2-10,21H,1H3,(H,19,20). The molecule has 0 fully saturated rings. The maximum atomic E-state index is 9.69. The maximum absolute atomic E-state index is 9.69. The summed E-state index contributed by atoms with van der Waals surface area (Å²) in [6.07, 6.45) is 1.81. The van der Waals surface area contributed by atoms with Crippen LogP contribution in [0, 0.1) is 6.92 Å². The molecule has 4 aromatic rings. The van der Waals surface area contributed by atoms with E-state index in [-0.39, 0.29) is 5.75 Å². The van der Waals surface area contributed by atoms with Crippen LogP contribution in [0.5, 0.6) is 5.75 Å². The van der Waals surface area contributed by atoms with E-state index in [1.54, 1.807) is 29.7 Å². The second-order valence-corrected chi connectivity index (χ2v) is 6.26. The molecule has 0 spiro atoms. The summed E-state index contributed by atoms with van der Waals surface area (Å²) in [4.78, 5) is 4.47. The van der Waals surface area contributed by atoms with Crippen LogP contribution in [0.3, 0.4) is 0 Å². The molecule has 2 aromatic carbocycles. The van der Waals surface area contributed by atoms with Gasteiger partial charge in [-0.25, -0.2) is 0 Å². The first kappa shape index (κ1) is 13.1. The number of anilines is 2. The molecule has 4 rings (SSSR count). The van der Waals surface area contributed by atoms with Crippen LogP contribution in [0.25, 0.3) is 21.0 Å². The van der Waals surface area contributed by atoms with Crippen molar-refractivity contribution in [2.24, 2.45) is 0 Å². The first-order valence-electron chi connectivity index (χ1n) is 7.03. The second kappa shape index (κ2) is 5.00. The Labute approximate surface area is 131 Å². The lowest BCUT2D eigenvalue weighted by molar-refractivity contribution is 0.475. The Morgan fingerprint density at radius 3 is 2.86 bits per heavy atom. The summed E-state index contributed by atoms with van der Waals surface area (Å²) in [5, 5.41) is 17.5. The minimum atomic E-state index is 0.257. The minimum absolute atomic E-state index is 0.257. The first-order valence-corrected chi connectivity index (χ1v) is 7.91. The number of phenolic OH excluding ortho intramolecular Hbond substituents is 1. The Balaban J connectivity index is 1.88. The quantitative estimate of drug-likeness (QED) is 0.534. The van der Waals surface area contributed by atoms with Crippen molar-refractivity contribution in [2.75, 3.05) is 5.32 Å². The van der Waals surface area contributed by atoms with Crippen LogP contribution in [-0.2, 0) is 0 Å². The number of aromatic nitrogens is 1. The predicted molar refractivity (Wildman–Crippen MR) is 93.3 cm³/mol. The molecule has 0 bridgehead atoms. The van der Waals surface area contributed by atoms with E-state index >= 15 is 0 Å². The van der Waals surface area contributed by atoms with Gasteiger partial charge < -0.3 is 10.4 Å². The smallest absolute Gasteiger partial charge is 0.117 e. The van der Waals surface area contributed by atoms with E-state index < -0.39 is 0 Å². The number of rotatable bonds is 2. The fraction of sp³-hybridized carbons (Fsp3) is 0.0556.